The van der Waals surface area contributed by atoms with Crippen molar-refractivity contribution in [3.05, 3.63) is 59.7 Å². The zero-order valence-corrected chi connectivity index (χ0v) is 15.9. The summed E-state index contributed by atoms with van der Waals surface area (Å²) in [6, 6.07) is 6.24. The van der Waals surface area contributed by atoms with Crippen LogP contribution in [0.1, 0.15) is 39.0 Å². The minimum atomic E-state index is -5.77. The molecule has 0 atom stereocenters. The van der Waals surface area contributed by atoms with Gasteiger partial charge in [-0.3, -0.25) is 0 Å². The Hall–Kier alpha value is -2.07. The van der Waals surface area contributed by atoms with Crippen molar-refractivity contribution in [1.82, 2.24) is 0 Å². The van der Waals surface area contributed by atoms with Gasteiger partial charge in [-0.15, -0.1) is 0 Å². The number of halogens is 5. The van der Waals surface area contributed by atoms with E-state index in [-0.39, 0.29) is 0 Å². The quantitative estimate of drug-likeness (QED) is 0.167. The van der Waals surface area contributed by atoms with Gasteiger partial charge in [-0.05, 0) is 6.42 Å². The second-order valence-electron chi connectivity index (χ2n) is 5.88. The minimum absolute atomic E-state index is 1.17. The summed E-state index contributed by atoms with van der Waals surface area (Å²) in [4.78, 5) is -2.38. The Bertz CT molecular complexity index is 848. The molecule has 0 aliphatic carbocycles. The molecule has 2 rings (SSSR count). The highest BCUT2D eigenvalue weighted by Crippen LogP contribution is 2.26. The molecule has 0 N–H and O–H groups in total. The normalized spacial score (nSPS) is 11.1. The highest BCUT2D eigenvalue weighted by molar-refractivity contribution is 7.85. The summed E-state index contributed by atoms with van der Waals surface area (Å²) in [6.07, 6.45) is 11.1. The lowest BCUT2D eigenvalue weighted by Gasteiger charge is -2.10. The highest BCUT2D eigenvalue weighted by Gasteiger charge is 2.28. The molecule has 0 aliphatic heterocycles. The van der Waals surface area contributed by atoms with Crippen LogP contribution in [-0.2, 0) is 16.7 Å². The Balaban J connectivity index is 0.000000283. The second kappa shape index (κ2) is 11.1. The van der Waals surface area contributed by atoms with Gasteiger partial charge >= 0.3 is 0 Å². The zero-order valence-electron chi connectivity index (χ0n) is 15.1. The number of benzene rings is 1. The first kappa shape index (κ1) is 24.0. The maximum absolute atomic E-state index is 12.6. The van der Waals surface area contributed by atoms with Gasteiger partial charge in [0, 0.05) is 18.6 Å². The van der Waals surface area contributed by atoms with Crippen molar-refractivity contribution < 1.29 is 39.5 Å². The van der Waals surface area contributed by atoms with E-state index >= 15 is 0 Å². The molecule has 0 spiro atoms. The van der Waals surface area contributed by atoms with Crippen molar-refractivity contribution in [2.45, 2.75) is 50.5 Å². The molecule has 0 saturated heterocycles. The monoisotopic (exact) mass is 425 g/mol. The third-order valence-corrected chi connectivity index (χ3v) is 4.58. The van der Waals surface area contributed by atoms with E-state index in [1.807, 2.05) is 0 Å². The standard InChI is InChI=1S/C12H20N.C6HF5O3S/c1-2-3-4-5-7-10-13-11-8-6-9-12-13;7-1-2(8)4(10)6(15(12,13)14)5(11)3(1)9/h6,8-9,11-12H,2-5,7,10H2,1H3;(H,12,13,14)/q+1;/p-1. The van der Waals surface area contributed by atoms with Crippen LogP contribution in [0.4, 0.5) is 22.0 Å². The van der Waals surface area contributed by atoms with Gasteiger partial charge in [-0.1, -0.05) is 32.3 Å². The van der Waals surface area contributed by atoms with Crippen molar-refractivity contribution in [2.75, 3.05) is 0 Å². The molecule has 1 heterocycles. The van der Waals surface area contributed by atoms with Crippen molar-refractivity contribution in [1.29, 1.82) is 0 Å². The van der Waals surface area contributed by atoms with Gasteiger partial charge in [0.15, 0.2) is 35.7 Å². The topological polar surface area (TPSA) is 61.1 Å². The lowest BCUT2D eigenvalue weighted by atomic mass is 10.1. The number of hydrogen-bond acceptors (Lipinski definition) is 3. The number of nitrogens with zero attached hydrogens (tertiary/aromatic N) is 1. The number of hydrogen-bond donors (Lipinski definition) is 0. The molecular formula is C18H20F5NO3S. The molecule has 0 aliphatic rings. The molecule has 2 aromatic rings. The fourth-order valence-electron chi connectivity index (χ4n) is 2.29. The molecule has 4 nitrogen and oxygen atoms in total. The first-order valence-corrected chi connectivity index (χ1v) is 9.93. The molecule has 28 heavy (non-hydrogen) atoms. The van der Waals surface area contributed by atoms with E-state index in [1.165, 1.54) is 38.6 Å². The van der Waals surface area contributed by atoms with Crippen LogP contribution < -0.4 is 4.57 Å². The van der Waals surface area contributed by atoms with E-state index in [0.717, 1.165) is 0 Å². The maximum Gasteiger partial charge on any atom is 0.200 e. The van der Waals surface area contributed by atoms with Gasteiger partial charge in [-0.25, -0.2) is 34.9 Å². The molecule has 1 aromatic heterocycles. The fraction of sp³-hybridized carbons (Fsp3) is 0.389. The summed E-state index contributed by atoms with van der Waals surface area (Å²) in [5.74, 6) is -12.8. The van der Waals surface area contributed by atoms with Crippen LogP contribution in [0.25, 0.3) is 0 Å². The molecule has 0 fully saturated rings. The van der Waals surface area contributed by atoms with E-state index < -0.39 is 44.1 Å². The summed E-state index contributed by atoms with van der Waals surface area (Å²) in [5.41, 5.74) is 0. The predicted octanol–water partition coefficient (Wildman–Crippen LogP) is 4.23. The lowest BCUT2D eigenvalue weighted by Crippen LogP contribution is -2.32. The van der Waals surface area contributed by atoms with E-state index in [0.29, 0.717) is 0 Å². The summed E-state index contributed by atoms with van der Waals surface area (Å²) in [5, 5.41) is 0. The van der Waals surface area contributed by atoms with Crippen molar-refractivity contribution in [3.8, 4) is 0 Å². The van der Waals surface area contributed by atoms with Crippen LogP contribution >= 0.6 is 0 Å². The zero-order chi connectivity index (χ0) is 21.3. The van der Waals surface area contributed by atoms with Gasteiger partial charge in [-0.2, -0.15) is 0 Å². The van der Waals surface area contributed by atoms with Gasteiger partial charge < -0.3 is 4.55 Å². The Morgan fingerprint density at radius 3 is 1.71 bits per heavy atom. The second-order valence-corrected chi connectivity index (χ2v) is 7.20. The van der Waals surface area contributed by atoms with E-state index in [1.54, 1.807) is 0 Å². The van der Waals surface area contributed by atoms with Gasteiger partial charge in [0.05, 0.1) is 0 Å². The number of pyridine rings is 1. The number of aromatic nitrogens is 1. The van der Waals surface area contributed by atoms with Gasteiger partial charge in [0.1, 0.15) is 21.6 Å². The summed E-state index contributed by atoms with van der Waals surface area (Å²) in [7, 11) is -5.77. The minimum Gasteiger partial charge on any atom is -0.744 e. The Kier molecular flexibility index (Phi) is 9.47. The first-order chi connectivity index (χ1) is 13.1. The average Bonchev–Trinajstić information content (AvgIpc) is 2.65. The van der Waals surface area contributed by atoms with Crippen LogP contribution in [0.2, 0.25) is 0 Å². The Morgan fingerprint density at radius 2 is 1.25 bits per heavy atom. The molecule has 0 unspecified atom stereocenters. The molecule has 156 valence electrons. The number of unbranched alkanes of at least 4 members (excludes halogenated alkanes) is 4. The molecule has 1 aromatic carbocycles. The third kappa shape index (κ3) is 6.83. The van der Waals surface area contributed by atoms with E-state index in [2.05, 4.69) is 42.1 Å². The molecule has 0 radical (unpaired) electrons. The van der Waals surface area contributed by atoms with Gasteiger partial charge in [0.2, 0.25) is 5.82 Å². The van der Waals surface area contributed by atoms with Crippen molar-refractivity contribution in [3.63, 3.8) is 0 Å². The van der Waals surface area contributed by atoms with Crippen LogP contribution in [0.3, 0.4) is 0 Å². The molecule has 0 saturated carbocycles. The summed E-state index contributed by atoms with van der Waals surface area (Å²) >= 11 is 0. The first-order valence-electron chi connectivity index (χ1n) is 8.52. The van der Waals surface area contributed by atoms with E-state index in [4.69, 9.17) is 0 Å². The largest absolute Gasteiger partial charge is 0.744 e. The predicted molar refractivity (Wildman–Crippen MR) is 89.6 cm³/mol. The van der Waals surface area contributed by atoms with Crippen molar-refractivity contribution in [2.24, 2.45) is 0 Å². The van der Waals surface area contributed by atoms with Crippen LogP contribution in [-0.4, -0.2) is 13.0 Å². The molecule has 0 bridgehead atoms. The molecule has 0 amide bonds. The third-order valence-electron chi connectivity index (χ3n) is 3.72. The van der Waals surface area contributed by atoms with E-state index in [9.17, 15) is 34.9 Å². The SMILES string of the molecule is CCCCCCC[n+]1ccccc1.O=S(=O)([O-])c1c(F)c(F)c(F)c(F)c1F. The summed E-state index contributed by atoms with van der Waals surface area (Å²) < 4.78 is 95.1. The average molecular weight is 425 g/mol. The highest BCUT2D eigenvalue weighted by atomic mass is 32.2. The lowest BCUT2D eigenvalue weighted by molar-refractivity contribution is -0.697. The number of aryl methyl sites for hydroxylation is 1. The summed E-state index contributed by atoms with van der Waals surface area (Å²) in [6.45, 7) is 3.43. The maximum atomic E-state index is 12.6. The van der Waals surface area contributed by atoms with Crippen molar-refractivity contribution >= 4 is 10.1 Å². The van der Waals surface area contributed by atoms with Crippen LogP contribution in [0.15, 0.2) is 35.5 Å². The smallest absolute Gasteiger partial charge is 0.200 e. The molecule has 10 heteroatoms. The number of rotatable bonds is 7. The molecular weight excluding hydrogens is 405 g/mol. The Morgan fingerprint density at radius 1 is 0.786 bits per heavy atom. The fourth-order valence-corrected chi connectivity index (χ4v) is 2.90. The Labute approximate surface area is 160 Å². The van der Waals surface area contributed by atoms with Gasteiger partial charge in [0.25, 0.3) is 0 Å². The van der Waals surface area contributed by atoms with Crippen LogP contribution in [0, 0.1) is 29.1 Å². The van der Waals surface area contributed by atoms with Crippen LogP contribution in [0.5, 0.6) is 0 Å².